The Morgan fingerprint density at radius 2 is 2.07 bits per heavy atom. The van der Waals surface area contributed by atoms with Crippen LogP contribution in [0.3, 0.4) is 0 Å². The number of H-pyrrole nitrogens is 1. The molecule has 1 heterocycles. The first kappa shape index (κ1) is 22.1. The number of aromatic amines is 1. The topological polar surface area (TPSA) is 119 Å². The number of aromatic hydroxyl groups is 1. The SMILES string of the molecule is CC(C)(C)[C@H](NC(=O)C(CC1CCCC1)CN(O)C=O)c1nc2c(O)cccc2[nH]1. The number of fused-ring (bicyclic) bond motifs is 1. The Bertz CT molecular complexity index is 883. The summed E-state index contributed by atoms with van der Waals surface area (Å²) in [6.07, 6.45) is 5.42. The Labute approximate surface area is 176 Å². The first-order valence-corrected chi connectivity index (χ1v) is 10.6. The highest BCUT2D eigenvalue weighted by Crippen LogP contribution is 2.35. The van der Waals surface area contributed by atoms with E-state index in [4.69, 9.17) is 0 Å². The molecule has 1 aromatic heterocycles. The normalized spacial score (nSPS) is 17.1. The minimum atomic E-state index is -0.508. The maximum absolute atomic E-state index is 13.2. The number of para-hydroxylation sites is 1. The first-order valence-electron chi connectivity index (χ1n) is 10.6. The van der Waals surface area contributed by atoms with Crippen molar-refractivity contribution in [1.82, 2.24) is 20.3 Å². The number of amides is 2. The largest absolute Gasteiger partial charge is 0.506 e. The molecule has 1 saturated carbocycles. The van der Waals surface area contributed by atoms with Crippen molar-refractivity contribution < 1.29 is 19.9 Å². The minimum Gasteiger partial charge on any atom is -0.506 e. The second-order valence-electron chi connectivity index (χ2n) is 9.41. The number of imidazole rings is 1. The molecule has 164 valence electrons. The van der Waals surface area contributed by atoms with Gasteiger partial charge in [0.05, 0.1) is 24.0 Å². The van der Waals surface area contributed by atoms with E-state index in [2.05, 4.69) is 15.3 Å². The molecule has 1 aliphatic carbocycles. The van der Waals surface area contributed by atoms with Gasteiger partial charge >= 0.3 is 0 Å². The number of hydrogen-bond acceptors (Lipinski definition) is 5. The fraction of sp³-hybridized carbons (Fsp3) is 0.591. The predicted molar refractivity (Wildman–Crippen MR) is 113 cm³/mol. The van der Waals surface area contributed by atoms with Gasteiger partial charge in [0, 0.05) is 0 Å². The van der Waals surface area contributed by atoms with Crippen molar-refractivity contribution >= 4 is 23.4 Å². The third-order valence-electron chi connectivity index (χ3n) is 5.93. The van der Waals surface area contributed by atoms with Gasteiger partial charge in [-0.25, -0.2) is 10.0 Å². The lowest BCUT2D eigenvalue weighted by molar-refractivity contribution is -0.155. The number of aromatic nitrogens is 2. The highest BCUT2D eigenvalue weighted by Gasteiger charge is 2.34. The van der Waals surface area contributed by atoms with E-state index in [1.165, 1.54) is 0 Å². The lowest BCUT2D eigenvalue weighted by atomic mass is 9.85. The van der Waals surface area contributed by atoms with Crippen LogP contribution in [0.4, 0.5) is 0 Å². The average Bonchev–Trinajstić information content (AvgIpc) is 3.34. The summed E-state index contributed by atoms with van der Waals surface area (Å²) in [7, 11) is 0. The van der Waals surface area contributed by atoms with Gasteiger partial charge in [0.1, 0.15) is 17.1 Å². The molecule has 1 fully saturated rings. The summed E-state index contributed by atoms with van der Waals surface area (Å²) in [6.45, 7) is 5.96. The number of hydrogen-bond donors (Lipinski definition) is 4. The third kappa shape index (κ3) is 5.11. The Kier molecular flexibility index (Phi) is 6.65. The van der Waals surface area contributed by atoms with E-state index in [0.717, 1.165) is 25.7 Å². The van der Waals surface area contributed by atoms with Crippen LogP contribution >= 0.6 is 0 Å². The molecule has 1 aromatic carbocycles. The Morgan fingerprint density at radius 3 is 2.67 bits per heavy atom. The van der Waals surface area contributed by atoms with E-state index in [1.807, 2.05) is 26.8 Å². The standard InChI is InChI=1S/C22H32N4O4/c1-22(2,3)19(20-23-16-9-6-10-17(28)18(16)24-20)25-21(29)15(12-26(30)13-27)11-14-7-4-5-8-14/h6,9-10,13-15,19,28,30H,4-5,7-8,11-12H2,1-3H3,(H,23,24)(H,25,29)/t15?,19-/m1/s1. The second kappa shape index (κ2) is 9.04. The molecule has 4 N–H and O–H groups in total. The maximum Gasteiger partial charge on any atom is 0.233 e. The molecule has 8 heteroatoms. The van der Waals surface area contributed by atoms with Crippen molar-refractivity contribution in [2.24, 2.45) is 17.3 Å². The molecule has 2 aromatic rings. The summed E-state index contributed by atoms with van der Waals surface area (Å²) in [5, 5.41) is 23.5. The number of nitrogens with zero attached hydrogens (tertiary/aromatic N) is 2. The van der Waals surface area contributed by atoms with Gasteiger partial charge in [0.2, 0.25) is 12.3 Å². The number of nitrogens with one attached hydrogen (secondary N) is 2. The van der Waals surface area contributed by atoms with Crippen LogP contribution in [-0.2, 0) is 9.59 Å². The molecule has 3 rings (SSSR count). The Morgan fingerprint density at radius 1 is 1.37 bits per heavy atom. The quantitative estimate of drug-likeness (QED) is 0.298. The van der Waals surface area contributed by atoms with Gasteiger partial charge in [0.25, 0.3) is 0 Å². The highest BCUT2D eigenvalue weighted by atomic mass is 16.5. The van der Waals surface area contributed by atoms with Gasteiger partial charge in [-0.2, -0.15) is 0 Å². The summed E-state index contributed by atoms with van der Waals surface area (Å²) in [5.74, 6) is 0.341. The lowest BCUT2D eigenvalue weighted by Gasteiger charge is -2.32. The lowest BCUT2D eigenvalue weighted by Crippen LogP contribution is -2.43. The molecule has 0 radical (unpaired) electrons. The average molecular weight is 417 g/mol. The maximum atomic E-state index is 13.2. The van der Waals surface area contributed by atoms with E-state index < -0.39 is 12.0 Å². The number of rotatable bonds is 8. The van der Waals surface area contributed by atoms with Crippen LogP contribution in [0.5, 0.6) is 5.75 Å². The predicted octanol–water partition coefficient (Wildman–Crippen LogP) is 3.52. The van der Waals surface area contributed by atoms with E-state index in [9.17, 15) is 19.9 Å². The second-order valence-corrected chi connectivity index (χ2v) is 9.41. The van der Waals surface area contributed by atoms with Crippen LogP contribution in [0.1, 0.15) is 64.7 Å². The van der Waals surface area contributed by atoms with Gasteiger partial charge in [-0.3, -0.25) is 14.8 Å². The van der Waals surface area contributed by atoms with Gasteiger partial charge in [-0.1, -0.05) is 52.5 Å². The summed E-state index contributed by atoms with van der Waals surface area (Å²) in [6, 6.07) is 4.69. The van der Waals surface area contributed by atoms with Crippen molar-refractivity contribution in [3.63, 3.8) is 0 Å². The molecule has 1 unspecified atom stereocenters. The van der Waals surface area contributed by atoms with Crippen LogP contribution in [0.15, 0.2) is 18.2 Å². The van der Waals surface area contributed by atoms with Crippen LogP contribution in [0.2, 0.25) is 0 Å². The van der Waals surface area contributed by atoms with Crippen molar-refractivity contribution in [3.8, 4) is 5.75 Å². The molecule has 0 bridgehead atoms. The van der Waals surface area contributed by atoms with Crippen molar-refractivity contribution in [1.29, 1.82) is 0 Å². The van der Waals surface area contributed by atoms with Gasteiger partial charge in [0.15, 0.2) is 0 Å². The van der Waals surface area contributed by atoms with Crippen molar-refractivity contribution in [2.45, 2.75) is 58.9 Å². The van der Waals surface area contributed by atoms with E-state index in [1.54, 1.807) is 12.1 Å². The molecule has 2 atom stereocenters. The molecule has 30 heavy (non-hydrogen) atoms. The fourth-order valence-electron chi connectivity index (χ4n) is 4.31. The molecular formula is C22H32N4O4. The van der Waals surface area contributed by atoms with Gasteiger partial charge in [-0.15, -0.1) is 0 Å². The van der Waals surface area contributed by atoms with Gasteiger partial charge in [-0.05, 0) is 29.9 Å². The molecule has 1 aliphatic rings. The zero-order valence-electron chi connectivity index (χ0n) is 17.9. The smallest absolute Gasteiger partial charge is 0.233 e. The van der Waals surface area contributed by atoms with E-state index >= 15 is 0 Å². The number of phenols is 1. The van der Waals surface area contributed by atoms with E-state index in [-0.39, 0.29) is 23.6 Å². The third-order valence-corrected chi connectivity index (χ3v) is 5.93. The first-order chi connectivity index (χ1) is 14.2. The molecule has 2 amide bonds. The van der Waals surface area contributed by atoms with Gasteiger partial charge < -0.3 is 15.4 Å². The minimum absolute atomic E-state index is 0.0381. The Hall–Kier alpha value is -2.61. The summed E-state index contributed by atoms with van der Waals surface area (Å²) >= 11 is 0. The fourth-order valence-corrected chi connectivity index (χ4v) is 4.31. The van der Waals surface area contributed by atoms with Crippen molar-refractivity contribution in [3.05, 3.63) is 24.0 Å². The summed E-state index contributed by atoms with van der Waals surface area (Å²) in [5.41, 5.74) is 0.792. The molecule has 0 saturated heterocycles. The van der Waals surface area contributed by atoms with Crippen LogP contribution in [-0.4, -0.2) is 44.2 Å². The highest BCUT2D eigenvalue weighted by molar-refractivity contribution is 5.82. The van der Waals surface area contributed by atoms with Crippen LogP contribution in [0, 0.1) is 17.3 Å². The number of carbonyl (C=O) groups excluding carboxylic acids is 2. The number of benzene rings is 1. The zero-order valence-corrected chi connectivity index (χ0v) is 17.9. The summed E-state index contributed by atoms with van der Waals surface area (Å²) < 4.78 is 0. The number of hydroxylamine groups is 2. The van der Waals surface area contributed by atoms with Crippen LogP contribution < -0.4 is 5.32 Å². The number of carbonyl (C=O) groups is 2. The molecule has 0 aliphatic heterocycles. The molecule has 0 spiro atoms. The van der Waals surface area contributed by atoms with Crippen LogP contribution in [0.25, 0.3) is 11.0 Å². The molecule has 8 nitrogen and oxygen atoms in total. The monoisotopic (exact) mass is 416 g/mol. The summed E-state index contributed by atoms with van der Waals surface area (Å²) in [4.78, 5) is 31.9. The van der Waals surface area contributed by atoms with Crippen molar-refractivity contribution in [2.75, 3.05) is 6.54 Å². The number of phenolic OH excluding ortho intramolecular Hbond substituents is 1. The zero-order chi connectivity index (χ0) is 21.9. The van der Waals surface area contributed by atoms with E-state index in [0.29, 0.717) is 40.7 Å². The molecular weight excluding hydrogens is 384 g/mol. The Balaban J connectivity index is 1.84.